The number of rotatable bonds is 3. The van der Waals surface area contributed by atoms with Crippen LogP contribution in [-0.2, 0) is 6.54 Å². The summed E-state index contributed by atoms with van der Waals surface area (Å²) in [5, 5.41) is 12.3. The molecule has 0 spiro atoms. The average Bonchev–Trinajstić information content (AvgIpc) is 2.38. The van der Waals surface area contributed by atoms with Crippen molar-refractivity contribution < 1.29 is 0 Å². The first-order valence-electron chi connectivity index (χ1n) is 5.97. The molecule has 0 saturated heterocycles. The maximum atomic E-state index is 8.75. The van der Waals surface area contributed by atoms with Gasteiger partial charge >= 0.3 is 0 Å². The number of nitriles is 1. The third-order valence-electron chi connectivity index (χ3n) is 3.14. The number of hydrogen-bond acceptors (Lipinski definition) is 3. The van der Waals surface area contributed by atoms with Crippen LogP contribution in [0.2, 0.25) is 0 Å². The normalized spacial score (nSPS) is 16.9. The molecule has 0 radical (unpaired) electrons. The van der Waals surface area contributed by atoms with Gasteiger partial charge in [0.05, 0.1) is 0 Å². The lowest BCUT2D eigenvalue weighted by atomic mass is 9.95. The summed E-state index contributed by atoms with van der Waals surface area (Å²) in [4.78, 5) is 3.96. The fraction of sp³-hybridized carbons (Fsp3) is 0.538. The summed E-state index contributed by atoms with van der Waals surface area (Å²) in [5.74, 6) is 0. The van der Waals surface area contributed by atoms with E-state index in [0.717, 1.165) is 12.1 Å². The van der Waals surface area contributed by atoms with E-state index in [9.17, 15) is 0 Å². The molecule has 0 unspecified atom stereocenters. The zero-order chi connectivity index (χ0) is 11.2. The second-order valence-corrected chi connectivity index (χ2v) is 4.38. The highest BCUT2D eigenvalue weighted by Gasteiger charge is 2.12. The quantitative estimate of drug-likeness (QED) is 0.842. The Hall–Kier alpha value is -1.40. The molecule has 1 aliphatic rings. The zero-order valence-corrected chi connectivity index (χ0v) is 9.45. The summed E-state index contributed by atoms with van der Waals surface area (Å²) >= 11 is 0. The molecule has 3 nitrogen and oxygen atoms in total. The first-order valence-corrected chi connectivity index (χ1v) is 5.97. The molecule has 0 atom stereocenters. The lowest BCUT2D eigenvalue weighted by Gasteiger charge is -2.22. The van der Waals surface area contributed by atoms with Gasteiger partial charge < -0.3 is 5.32 Å². The van der Waals surface area contributed by atoms with Gasteiger partial charge in [-0.25, -0.2) is 4.98 Å². The van der Waals surface area contributed by atoms with Crippen LogP contribution in [0.1, 0.15) is 43.4 Å². The minimum Gasteiger partial charge on any atom is -0.310 e. The molecule has 84 valence electrons. The molecule has 1 saturated carbocycles. The van der Waals surface area contributed by atoms with E-state index in [1.165, 1.54) is 32.1 Å². The smallest absolute Gasteiger partial charge is 0.140 e. The average molecular weight is 215 g/mol. The van der Waals surface area contributed by atoms with E-state index < -0.39 is 0 Å². The molecule has 0 amide bonds. The molecule has 1 aliphatic carbocycles. The van der Waals surface area contributed by atoms with Gasteiger partial charge in [0.1, 0.15) is 11.8 Å². The second-order valence-electron chi connectivity index (χ2n) is 4.38. The van der Waals surface area contributed by atoms with Crippen LogP contribution in [0.5, 0.6) is 0 Å². The fourth-order valence-electron chi connectivity index (χ4n) is 2.21. The van der Waals surface area contributed by atoms with Gasteiger partial charge in [-0.3, -0.25) is 0 Å². The van der Waals surface area contributed by atoms with Crippen LogP contribution in [0.25, 0.3) is 0 Å². The summed E-state index contributed by atoms with van der Waals surface area (Å²) in [6.07, 6.45) is 8.35. The number of hydrogen-bond donors (Lipinski definition) is 1. The molecule has 16 heavy (non-hydrogen) atoms. The van der Waals surface area contributed by atoms with Crippen LogP contribution >= 0.6 is 0 Å². The van der Waals surface area contributed by atoms with Crippen LogP contribution in [0.15, 0.2) is 18.3 Å². The third-order valence-corrected chi connectivity index (χ3v) is 3.14. The van der Waals surface area contributed by atoms with Crippen molar-refractivity contribution in [1.29, 1.82) is 5.26 Å². The standard InChI is InChI=1S/C13H17N3/c14-9-13-8-11(6-7-15-13)10-16-12-4-2-1-3-5-12/h6-8,12,16H,1-5,10H2. The highest BCUT2D eigenvalue weighted by Crippen LogP contribution is 2.17. The van der Waals surface area contributed by atoms with Crippen molar-refractivity contribution in [3.8, 4) is 6.07 Å². The van der Waals surface area contributed by atoms with Crippen molar-refractivity contribution >= 4 is 0 Å². The van der Waals surface area contributed by atoms with Crippen LogP contribution in [0, 0.1) is 11.3 Å². The van der Waals surface area contributed by atoms with Crippen molar-refractivity contribution in [3.63, 3.8) is 0 Å². The van der Waals surface area contributed by atoms with Crippen molar-refractivity contribution in [2.24, 2.45) is 0 Å². The molecule has 1 aromatic rings. The third kappa shape index (κ3) is 3.04. The van der Waals surface area contributed by atoms with Crippen molar-refractivity contribution in [1.82, 2.24) is 10.3 Å². The van der Waals surface area contributed by atoms with Crippen LogP contribution in [-0.4, -0.2) is 11.0 Å². The van der Waals surface area contributed by atoms with Gasteiger partial charge in [0, 0.05) is 18.8 Å². The van der Waals surface area contributed by atoms with Gasteiger partial charge in [-0.05, 0) is 30.5 Å². The summed E-state index contributed by atoms with van der Waals surface area (Å²) in [6.45, 7) is 0.849. The van der Waals surface area contributed by atoms with E-state index >= 15 is 0 Å². The highest BCUT2D eigenvalue weighted by atomic mass is 14.9. The molecule has 1 fully saturated rings. The number of aromatic nitrogens is 1. The molecule has 2 rings (SSSR count). The number of nitrogens with one attached hydrogen (secondary N) is 1. The van der Waals surface area contributed by atoms with E-state index in [2.05, 4.69) is 16.4 Å². The topological polar surface area (TPSA) is 48.7 Å². The van der Waals surface area contributed by atoms with Gasteiger partial charge in [-0.15, -0.1) is 0 Å². The molecule has 1 heterocycles. The number of nitrogens with zero attached hydrogens (tertiary/aromatic N) is 2. The Morgan fingerprint density at radius 1 is 1.38 bits per heavy atom. The predicted molar refractivity (Wildman–Crippen MR) is 62.7 cm³/mol. The van der Waals surface area contributed by atoms with E-state index in [0.29, 0.717) is 11.7 Å². The lowest BCUT2D eigenvalue weighted by Crippen LogP contribution is -2.30. The maximum Gasteiger partial charge on any atom is 0.140 e. The van der Waals surface area contributed by atoms with Crippen LogP contribution < -0.4 is 5.32 Å². The van der Waals surface area contributed by atoms with E-state index in [-0.39, 0.29) is 0 Å². The van der Waals surface area contributed by atoms with Gasteiger partial charge in [-0.2, -0.15) is 5.26 Å². The Bertz CT molecular complexity index is 375. The Kier molecular flexibility index (Phi) is 3.90. The molecule has 1 N–H and O–H groups in total. The van der Waals surface area contributed by atoms with Crippen LogP contribution in [0.4, 0.5) is 0 Å². The van der Waals surface area contributed by atoms with E-state index in [4.69, 9.17) is 5.26 Å². The maximum absolute atomic E-state index is 8.75. The molecule has 0 bridgehead atoms. The van der Waals surface area contributed by atoms with Crippen molar-refractivity contribution in [2.75, 3.05) is 0 Å². The highest BCUT2D eigenvalue weighted by molar-refractivity contribution is 5.25. The Morgan fingerprint density at radius 2 is 2.19 bits per heavy atom. The molecule has 1 aromatic heterocycles. The Morgan fingerprint density at radius 3 is 2.94 bits per heavy atom. The van der Waals surface area contributed by atoms with Crippen molar-refractivity contribution in [2.45, 2.75) is 44.7 Å². The van der Waals surface area contributed by atoms with E-state index in [1.54, 1.807) is 6.20 Å². The lowest BCUT2D eigenvalue weighted by molar-refractivity contribution is 0.372. The first kappa shape index (κ1) is 11.1. The van der Waals surface area contributed by atoms with Gasteiger partial charge in [0.25, 0.3) is 0 Å². The molecule has 0 aliphatic heterocycles. The summed E-state index contributed by atoms with van der Waals surface area (Å²) in [7, 11) is 0. The predicted octanol–water partition coefficient (Wildman–Crippen LogP) is 2.38. The summed E-state index contributed by atoms with van der Waals surface area (Å²) in [5.41, 5.74) is 1.65. The Balaban J connectivity index is 1.86. The largest absolute Gasteiger partial charge is 0.310 e. The second kappa shape index (κ2) is 5.62. The Labute approximate surface area is 96.5 Å². The summed E-state index contributed by atoms with van der Waals surface area (Å²) < 4.78 is 0. The zero-order valence-electron chi connectivity index (χ0n) is 9.45. The number of pyridine rings is 1. The van der Waals surface area contributed by atoms with E-state index in [1.807, 2.05) is 12.1 Å². The fourth-order valence-corrected chi connectivity index (χ4v) is 2.21. The molecule has 0 aromatic carbocycles. The van der Waals surface area contributed by atoms with Crippen LogP contribution in [0.3, 0.4) is 0 Å². The molecule has 3 heteroatoms. The SMILES string of the molecule is N#Cc1cc(CNC2CCCCC2)ccn1. The first-order chi connectivity index (χ1) is 7.88. The summed E-state index contributed by atoms with van der Waals surface area (Å²) in [6, 6.07) is 6.55. The van der Waals surface area contributed by atoms with Gasteiger partial charge in [0.2, 0.25) is 0 Å². The monoisotopic (exact) mass is 215 g/mol. The minimum atomic E-state index is 0.503. The molecular formula is C13H17N3. The molecular weight excluding hydrogens is 198 g/mol. The van der Waals surface area contributed by atoms with Gasteiger partial charge in [0.15, 0.2) is 0 Å². The van der Waals surface area contributed by atoms with Crippen molar-refractivity contribution in [3.05, 3.63) is 29.6 Å². The van der Waals surface area contributed by atoms with Gasteiger partial charge in [-0.1, -0.05) is 19.3 Å². The minimum absolute atomic E-state index is 0.503.